The maximum atomic E-state index is 9.25. The van der Waals surface area contributed by atoms with Gasteiger partial charge in [-0.05, 0) is 39.1 Å². The second-order valence-corrected chi connectivity index (χ2v) is 5.30. The number of likely N-dealkylation sites (N-methyl/N-ethyl adjacent to an activating group) is 1. The molecule has 0 aliphatic carbocycles. The SMILES string of the molecule is CC1CN(C)C(CCN)CN1c1ccccc1C#N. The van der Waals surface area contributed by atoms with Gasteiger partial charge in [-0.15, -0.1) is 0 Å². The van der Waals surface area contributed by atoms with Gasteiger partial charge < -0.3 is 10.6 Å². The molecule has 2 N–H and O–H groups in total. The van der Waals surface area contributed by atoms with E-state index in [1.807, 2.05) is 24.3 Å². The monoisotopic (exact) mass is 258 g/mol. The van der Waals surface area contributed by atoms with Crippen LogP contribution in [0.25, 0.3) is 0 Å². The summed E-state index contributed by atoms with van der Waals surface area (Å²) in [5, 5.41) is 9.25. The van der Waals surface area contributed by atoms with Crippen molar-refractivity contribution in [2.24, 2.45) is 5.73 Å². The maximum Gasteiger partial charge on any atom is 0.101 e. The lowest BCUT2D eigenvalue weighted by molar-refractivity contribution is 0.185. The molecule has 0 radical (unpaired) electrons. The zero-order valence-electron chi connectivity index (χ0n) is 11.7. The lowest BCUT2D eigenvalue weighted by Crippen LogP contribution is -2.56. The van der Waals surface area contributed by atoms with Crippen LogP contribution in [-0.4, -0.2) is 43.7 Å². The van der Waals surface area contributed by atoms with Gasteiger partial charge in [0.1, 0.15) is 6.07 Å². The van der Waals surface area contributed by atoms with Crippen molar-refractivity contribution >= 4 is 5.69 Å². The number of benzene rings is 1. The normalized spacial score (nSPS) is 24.2. The Bertz CT molecular complexity index is 465. The molecule has 0 saturated carbocycles. The molecule has 1 aromatic carbocycles. The Morgan fingerprint density at radius 2 is 2.11 bits per heavy atom. The molecule has 0 bridgehead atoms. The lowest BCUT2D eigenvalue weighted by Gasteiger charge is -2.45. The first-order valence-corrected chi connectivity index (χ1v) is 6.83. The van der Waals surface area contributed by atoms with E-state index in [9.17, 15) is 5.26 Å². The third kappa shape index (κ3) is 2.89. The van der Waals surface area contributed by atoms with Crippen molar-refractivity contribution in [1.82, 2.24) is 4.90 Å². The Hall–Kier alpha value is -1.57. The molecule has 102 valence electrons. The number of anilines is 1. The van der Waals surface area contributed by atoms with Gasteiger partial charge in [-0.2, -0.15) is 5.26 Å². The quantitative estimate of drug-likeness (QED) is 0.891. The highest BCUT2D eigenvalue weighted by atomic mass is 15.3. The average molecular weight is 258 g/mol. The van der Waals surface area contributed by atoms with E-state index in [-0.39, 0.29) is 0 Å². The molecule has 1 saturated heterocycles. The van der Waals surface area contributed by atoms with Crippen molar-refractivity contribution in [2.75, 3.05) is 31.6 Å². The van der Waals surface area contributed by atoms with Gasteiger partial charge in [0.25, 0.3) is 0 Å². The zero-order valence-corrected chi connectivity index (χ0v) is 11.7. The molecule has 1 fully saturated rings. The van der Waals surface area contributed by atoms with Crippen LogP contribution < -0.4 is 10.6 Å². The Morgan fingerprint density at radius 3 is 2.79 bits per heavy atom. The number of piperazine rings is 1. The Labute approximate surface area is 115 Å². The van der Waals surface area contributed by atoms with E-state index in [4.69, 9.17) is 5.73 Å². The number of hydrogen-bond acceptors (Lipinski definition) is 4. The number of rotatable bonds is 3. The van der Waals surface area contributed by atoms with Gasteiger partial charge in [-0.25, -0.2) is 0 Å². The molecule has 2 atom stereocenters. The van der Waals surface area contributed by atoms with Gasteiger partial charge in [0.05, 0.1) is 11.3 Å². The van der Waals surface area contributed by atoms with Crippen molar-refractivity contribution in [3.8, 4) is 6.07 Å². The summed E-state index contributed by atoms with van der Waals surface area (Å²) in [6.07, 6.45) is 0.994. The number of para-hydroxylation sites is 1. The molecule has 4 nitrogen and oxygen atoms in total. The van der Waals surface area contributed by atoms with Gasteiger partial charge >= 0.3 is 0 Å². The van der Waals surface area contributed by atoms with Crippen molar-refractivity contribution in [2.45, 2.75) is 25.4 Å². The van der Waals surface area contributed by atoms with Crippen LogP contribution in [0.1, 0.15) is 18.9 Å². The number of hydrogen-bond donors (Lipinski definition) is 1. The highest BCUT2D eigenvalue weighted by Crippen LogP contribution is 2.26. The van der Waals surface area contributed by atoms with E-state index < -0.39 is 0 Å². The van der Waals surface area contributed by atoms with Crippen LogP contribution in [0, 0.1) is 11.3 Å². The molecule has 1 heterocycles. The fourth-order valence-electron chi connectivity index (χ4n) is 2.87. The summed E-state index contributed by atoms with van der Waals surface area (Å²) in [6, 6.07) is 11.0. The fraction of sp³-hybridized carbons (Fsp3) is 0.533. The van der Waals surface area contributed by atoms with E-state index in [0.29, 0.717) is 18.6 Å². The highest BCUT2D eigenvalue weighted by molar-refractivity contribution is 5.60. The van der Waals surface area contributed by atoms with Crippen molar-refractivity contribution in [3.05, 3.63) is 29.8 Å². The Kier molecular flexibility index (Phi) is 4.41. The molecule has 0 amide bonds. The number of nitriles is 1. The van der Waals surface area contributed by atoms with E-state index in [1.165, 1.54) is 0 Å². The minimum atomic E-state index is 0.411. The fourth-order valence-corrected chi connectivity index (χ4v) is 2.87. The van der Waals surface area contributed by atoms with Crippen LogP contribution in [0.15, 0.2) is 24.3 Å². The highest BCUT2D eigenvalue weighted by Gasteiger charge is 2.29. The smallest absolute Gasteiger partial charge is 0.101 e. The molecule has 0 spiro atoms. The van der Waals surface area contributed by atoms with Crippen LogP contribution in [0.5, 0.6) is 0 Å². The minimum Gasteiger partial charge on any atom is -0.365 e. The molecule has 2 unspecified atom stereocenters. The molecular weight excluding hydrogens is 236 g/mol. The Morgan fingerprint density at radius 1 is 1.37 bits per heavy atom. The predicted octanol–water partition coefficient (Wildman–Crippen LogP) is 1.42. The molecule has 1 aromatic rings. The summed E-state index contributed by atoms with van der Waals surface area (Å²) < 4.78 is 0. The molecule has 1 aliphatic rings. The third-order valence-electron chi connectivity index (χ3n) is 3.95. The largest absolute Gasteiger partial charge is 0.365 e. The molecule has 0 aromatic heterocycles. The summed E-state index contributed by atoms with van der Waals surface area (Å²) in [7, 11) is 2.16. The van der Waals surface area contributed by atoms with Crippen LogP contribution >= 0.6 is 0 Å². The number of nitrogens with zero attached hydrogens (tertiary/aromatic N) is 3. The van der Waals surface area contributed by atoms with Crippen LogP contribution in [0.4, 0.5) is 5.69 Å². The first-order chi connectivity index (χ1) is 9.17. The lowest BCUT2D eigenvalue weighted by atomic mass is 10.0. The van der Waals surface area contributed by atoms with Gasteiger partial charge in [0.2, 0.25) is 0 Å². The predicted molar refractivity (Wildman–Crippen MR) is 78.1 cm³/mol. The standard InChI is InChI=1S/C15H22N4/c1-12-10-18(2)14(7-8-16)11-19(12)15-6-4-3-5-13(15)9-17/h3-6,12,14H,7-8,10-11,16H2,1-2H3. The van der Waals surface area contributed by atoms with Crippen LogP contribution in [0.2, 0.25) is 0 Å². The third-order valence-corrected chi connectivity index (χ3v) is 3.95. The second kappa shape index (κ2) is 6.05. The van der Waals surface area contributed by atoms with Gasteiger partial charge in [0, 0.05) is 25.2 Å². The Balaban J connectivity index is 2.25. The van der Waals surface area contributed by atoms with Crippen molar-refractivity contribution in [3.63, 3.8) is 0 Å². The van der Waals surface area contributed by atoms with E-state index >= 15 is 0 Å². The topological polar surface area (TPSA) is 56.3 Å². The first kappa shape index (κ1) is 13.9. The maximum absolute atomic E-state index is 9.25. The zero-order chi connectivity index (χ0) is 13.8. The van der Waals surface area contributed by atoms with Gasteiger partial charge in [-0.1, -0.05) is 12.1 Å². The summed E-state index contributed by atoms with van der Waals surface area (Å²) in [6.45, 7) is 4.86. The molecule has 1 aliphatic heterocycles. The van der Waals surface area contributed by atoms with E-state index in [0.717, 1.165) is 30.8 Å². The summed E-state index contributed by atoms with van der Waals surface area (Å²) in [5.74, 6) is 0. The molecular formula is C15H22N4. The number of nitrogens with two attached hydrogens (primary N) is 1. The van der Waals surface area contributed by atoms with Crippen molar-refractivity contribution in [1.29, 1.82) is 5.26 Å². The van der Waals surface area contributed by atoms with Crippen LogP contribution in [0.3, 0.4) is 0 Å². The summed E-state index contributed by atoms with van der Waals surface area (Å²) in [5.41, 5.74) is 7.50. The van der Waals surface area contributed by atoms with Gasteiger partial charge in [-0.3, -0.25) is 4.90 Å². The van der Waals surface area contributed by atoms with E-state index in [1.54, 1.807) is 0 Å². The summed E-state index contributed by atoms with van der Waals surface area (Å²) in [4.78, 5) is 4.72. The first-order valence-electron chi connectivity index (χ1n) is 6.83. The molecule has 19 heavy (non-hydrogen) atoms. The second-order valence-electron chi connectivity index (χ2n) is 5.30. The molecule has 2 rings (SSSR count). The van der Waals surface area contributed by atoms with Gasteiger partial charge in [0.15, 0.2) is 0 Å². The summed E-state index contributed by atoms with van der Waals surface area (Å²) >= 11 is 0. The average Bonchev–Trinajstić information content (AvgIpc) is 2.42. The van der Waals surface area contributed by atoms with Crippen LogP contribution in [-0.2, 0) is 0 Å². The minimum absolute atomic E-state index is 0.411. The molecule has 4 heteroatoms. The van der Waals surface area contributed by atoms with Crippen molar-refractivity contribution < 1.29 is 0 Å². The van der Waals surface area contributed by atoms with E-state index in [2.05, 4.69) is 29.8 Å².